The van der Waals surface area contributed by atoms with Crippen LogP contribution in [0.4, 0.5) is 10.1 Å². The summed E-state index contributed by atoms with van der Waals surface area (Å²) in [6, 6.07) is 10.8. The summed E-state index contributed by atoms with van der Waals surface area (Å²) in [6.45, 7) is 0.668. The summed E-state index contributed by atoms with van der Waals surface area (Å²) in [4.78, 5) is 5.02. The lowest BCUT2D eigenvalue weighted by atomic mass is 9.97. The Bertz CT molecular complexity index is 968. The molecule has 0 spiro atoms. The van der Waals surface area contributed by atoms with Crippen LogP contribution in [0.3, 0.4) is 0 Å². The van der Waals surface area contributed by atoms with Crippen LogP contribution in [0.1, 0.15) is 16.7 Å². The van der Waals surface area contributed by atoms with Crippen LogP contribution in [0, 0.1) is 5.82 Å². The molecule has 1 unspecified atom stereocenters. The number of fused-ring (bicyclic) bond motifs is 1. The first kappa shape index (κ1) is 17.3. The summed E-state index contributed by atoms with van der Waals surface area (Å²) in [5.74, 6) is 5.80. The van der Waals surface area contributed by atoms with Gasteiger partial charge < -0.3 is 10.2 Å². The van der Waals surface area contributed by atoms with Crippen molar-refractivity contribution < 1.29 is 9.23 Å². The van der Waals surface area contributed by atoms with Crippen molar-refractivity contribution >= 4 is 42.5 Å². The molecule has 3 N–H and O–H groups in total. The van der Waals surface area contributed by atoms with Crippen LogP contribution in [-0.4, -0.2) is 12.7 Å². The number of hydrogen-bond donors (Lipinski definition) is 2. The van der Waals surface area contributed by atoms with E-state index in [4.69, 9.17) is 22.3 Å². The number of rotatable bonds is 3. The Morgan fingerprint density at radius 2 is 2.04 bits per heavy atom. The first-order chi connectivity index (χ1) is 12.7. The molecule has 2 aliphatic rings. The van der Waals surface area contributed by atoms with E-state index in [0.717, 1.165) is 33.9 Å². The average Bonchev–Trinajstić information content (AvgIpc) is 2.69. The van der Waals surface area contributed by atoms with Gasteiger partial charge in [-0.25, -0.2) is 4.39 Å². The van der Waals surface area contributed by atoms with E-state index in [2.05, 4.69) is 17.5 Å². The fourth-order valence-corrected chi connectivity index (χ4v) is 4.64. The normalized spacial score (nSPS) is 17.0. The molecule has 2 heterocycles. The summed E-state index contributed by atoms with van der Waals surface area (Å²) >= 11 is 6.11. The highest BCUT2D eigenvalue weighted by atomic mass is 35.5. The molecule has 0 bridgehead atoms. The number of allylic oxidation sites excluding steroid dienone is 3. The Morgan fingerprint density at radius 1 is 1.15 bits per heavy atom. The lowest BCUT2D eigenvalue weighted by Gasteiger charge is -2.21. The standard InChI is InChI=1S/C20H17ClFN2OP/c21-13-4-5-17(22)15(11-13)20-14(2-1-9-26-20)12-3-6-18-16(10-12)19(25-23)7-8-24-18/h1-7,10-11,24,26H,8-9,23H2. The SMILES string of the molecule is NOC1=CCNc2ccc(C3=C(c4cc(Cl)ccc4F)PCC=C3)cc21. The van der Waals surface area contributed by atoms with Crippen molar-refractivity contribution in [2.75, 3.05) is 18.0 Å². The van der Waals surface area contributed by atoms with Gasteiger partial charge in [0.2, 0.25) is 0 Å². The van der Waals surface area contributed by atoms with Crippen molar-refractivity contribution in [2.45, 2.75) is 0 Å². The van der Waals surface area contributed by atoms with E-state index in [0.29, 0.717) is 31.5 Å². The Morgan fingerprint density at radius 3 is 2.88 bits per heavy atom. The molecular formula is C20H17ClFN2OP. The molecule has 132 valence electrons. The summed E-state index contributed by atoms with van der Waals surface area (Å²) in [7, 11) is 0.480. The van der Waals surface area contributed by atoms with Crippen LogP contribution in [0.15, 0.2) is 54.6 Å². The maximum atomic E-state index is 14.5. The van der Waals surface area contributed by atoms with Gasteiger partial charge in [0.05, 0.1) is 0 Å². The van der Waals surface area contributed by atoms with Crippen LogP contribution < -0.4 is 11.2 Å². The lowest BCUT2D eigenvalue weighted by molar-refractivity contribution is 0.290. The molecule has 0 amide bonds. The van der Waals surface area contributed by atoms with E-state index in [1.165, 1.54) is 6.07 Å². The van der Waals surface area contributed by atoms with Gasteiger partial charge in [0.15, 0.2) is 5.76 Å². The zero-order valence-electron chi connectivity index (χ0n) is 13.9. The second-order valence-electron chi connectivity index (χ2n) is 6.02. The molecule has 0 saturated heterocycles. The number of halogens is 2. The Balaban J connectivity index is 1.88. The number of anilines is 1. The third-order valence-corrected chi connectivity index (χ3v) is 6.02. The van der Waals surface area contributed by atoms with Crippen LogP contribution in [0.2, 0.25) is 5.02 Å². The maximum Gasteiger partial charge on any atom is 0.153 e. The van der Waals surface area contributed by atoms with Crippen LogP contribution in [0.25, 0.3) is 16.6 Å². The highest BCUT2D eigenvalue weighted by Gasteiger charge is 2.19. The van der Waals surface area contributed by atoms with Crippen molar-refractivity contribution in [3.63, 3.8) is 0 Å². The average molecular weight is 387 g/mol. The number of nitrogens with two attached hydrogens (primary N) is 1. The maximum absolute atomic E-state index is 14.5. The van der Waals surface area contributed by atoms with Crippen LogP contribution in [-0.2, 0) is 4.84 Å². The van der Waals surface area contributed by atoms with E-state index in [-0.39, 0.29) is 5.82 Å². The molecule has 4 rings (SSSR count). The summed E-state index contributed by atoms with van der Waals surface area (Å²) in [5, 5.41) is 4.81. The Kier molecular flexibility index (Phi) is 4.82. The van der Waals surface area contributed by atoms with Gasteiger partial charge in [0.25, 0.3) is 0 Å². The molecule has 1 atom stereocenters. The van der Waals surface area contributed by atoms with Gasteiger partial charge >= 0.3 is 0 Å². The molecule has 0 aliphatic carbocycles. The quantitative estimate of drug-likeness (QED) is 0.559. The van der Waals surface area contributed by atoms with Crippen LogP contribution >= 0.6 is 20.2 Å². The molecule has 0 radical (unpaired) electrons. The predicted octanol–water partition coefficient (Wildman–Crippen LogP) is 5.25. The van der Waals surface area contributed by atoms with Crippen LogP contribution in [0.5, 0.6) is 0 Å². The molecule has 6 heteroatoms. The fourth-order valence-electron chi connectivity index (χ4n) is 3.23. The Hall–Kier alpha value is -2.13. The van der Waals surface area contributed by atoms with E-state index in [9.17, 15) is 4.39 Å². The van der Waals surface area contributed by atoms with Gasteiger partial charge in [-0.05, 0) is 59.0 Å². The largest absolute Gasteiger partial charge is 0.411 e. The predicted molar refractivity (Wildman–Crippen MR) is 109 cm³/mol. The molecule has 3 nitrogen and oxygen atoms in total. The lowest BCUT2D eigenvalue weighted by Crippen LogP contribution is -2.12. The van der Waals surface area contributed by atoms with Gasteiger partial charge in [-0.2, -0.15) is 5.90 Å². The van der Waals surface area contributed by atoms with Gasteiger partial charge in [-0.1, -0.05) is 38.4 Å². The van der Waals surface area contributed by atoms with Gasteiger partial charge in [-0.15, -0.1) is 0 Å². The highest BCUT2D eigenvalue weighted by Crippen LogP contribution is 2.45. The van der Waals surface area contributed by atoms with Gasteiger partial charge in [0.1, 0.15) is 5.82 Å². The summed E-state index contributed by atoms with van der Waals surface area (Å²) in [5.41, 5.74) is 4.43. The van der Waals surface area contributed by atoms with E-state index in [1.54, 1.807) is 12.1 Å². The molecule has 0 saturated carbocycles. The zero-order chi connectivity index (χ0) is 18.1. The number of hydrogen-bond acceptors (Lipinski definition) is 3. The fraction of sp³-hybridized carbons (Fsp3) is 0.100. The van der Waals surface area contributed by atoms with Crippen molar-refractivity contribution in [2.24, 2.45) is 5.90 Å². The monoisotopic (exact) mass is 386 g/mol. The number of nitrogens with one attached hydrogen (secondary N) is 1. The third-order valence-electron chi connectivity index (χ3n) is 4.45. The second kappa shape index (κ2) is 7.24. The molecule has 2 aromatic rings. The molecular weight excluding hydrogens is 370 g/mol. The zero-order valence-corrected chi connectivity index (χ0v) is 15.6. The molecule has 0 fully saturated rings. The first-order valence-corrected chi connectivity index (χ1v) is 9.81. The van der Waals surface area contributed by atoms with E-state index in [1.807, 2.05) is 24.3 Å². The number of benzene rings is 2. The van der Waals surface area contributed by atoms with Crippen molar-refractivity contribution in [3.05, 3.63) is 82.2 Å². The molecule has 26 heavy (non-hydrogen) atoms. The minimum atomic E-state index is -0.254. The molecule has 2 aliphatic heterocycles. The van der Waals surface area contributed by atoms with E-state index >= 15 is 0 Å². The van der Waals surface area contributed by atoms with Gasteiger partial charge in [-0.3, -0.25) is 0 Å². The smallest absolute Gasteiger partial charge is 0.153 e. The molecule has 0 aromatic heterocycles. The minimum Gasteiger partial charge on any atom is -0.411 e. The first-order valence-electron chi connectivity index (χ1n) is 8.23. The summed E-state index contributed by atoms with van der Waals surface area (Å²) < 4.78 is 14.5. The van der Waals surface area contributed by atoms with E-state index < -0.39 is 0 Å². The third kappa shape index (κ3) is 3.16. The van der Waals surface area contributed by atoms with Crippen molar-refractivity contribution in [1.29, 1.82) is 0 Å². The van der Waals surface area contributed by atoms with Crippen molar-refractivity contribution in [3.8, 4) is 0 Å². The minimum absolute atomic E-state index is 0.254. The van der Waals surface area contributed by atoms with Gasteiger partial charge in [0, 0.05) is 28.4 Å². The molecule has 2 aromatic carbocycles. The topological polar surface area (TPSA) is 47.3 Å². The Labute approximate surface area is 158 Å². The second-order valence-corrected chi connectivity index (χ2v) is 7.72. The van der Waals surface area contributed by atoms with Crippen molar-refractivity contribution in [1.82, 2.24) is 0 Å². The highest BCUT2D eigenvalue weighted by molar-refractivity contribution is 7.51. The summed E-state index contributed by atoms with van der Waals surface area (Å²) in [6.07, 6.45) is 6.97.